The zero-order valence-electron chi connectivity index (χ0n) is 20.0. The molecule has 0 bridgehead atoms. The van der Waals surface area contributed by atoms with Crippen molar-refractivity contribution in [3.63, 3.8) is 0 Å². The van der Waals surface area contributed by atoms with E-state index < -0.39 is 33.9 Å². The lowest BCUT2D eigenvalue weighted by Gasteiger charge is -2.23. The highest BCUT2D eigenvalue weighted by Crippen LogP contribution is 2.32. The van der Waals surface area contributed by atoms with Crippen LogP contribution in [0, 0.1) is 5.41 Å². The number of amides is 1. The Bertz CT molecular complexity index is 1560. The Kier molecular flexibility index (Phi) is 7.19. The largest absolute Gasteiger partial charge is 0.469 e. The number of nitrogens with zero attached hydrogens (tertiary/aromatic N) is 3. The molecule has 196 valence electrons. The van der Waals surface area contributed by atoms with E-state index in [0.717, 1.165) is 0 Å². The molecule has 13 nitrogen and oxygen atoms in total. The predicted octanol–water partition coefficient (Wildman–Crippen LogP) is 1.14. The van der Waals surface area contributed by atoms with Crippen LogP contribution in [0.5, 0.6) is 0 Å². The number of nitrogens with two attached hydrogens (primary N) is 2. The second-order valence-corrected chi connectivity index (χ2v) is 9.87. The molecule has 0 spiro atoms. The number of ether oxygens (including phenoxy) is 1. The fraction of sp³-hybridized carbons (Fsp3) is 0.167. The standard InChI is InChI=1S/C24H23N7O6S/c1-36-20(32)11-24(10-18(31-37-24)14-5-4-6-15(9-14)21(25)26)22(33)30-23-28-12-16(13-29-23)17-7-2-3-8-19(17)38(27,34)35/h2-9,12-13H,10-11H2,1H3,(H3,25,26)(H2,27,34,35)(H,28,29,30,33)/t24-/m0/s1. The van der Waals surface area contributed by atoms with Crippen molar-refractivity contribution in [3.8, 4) is 11.1 Å². The van der Waals surface area contributed by atoms with Crippen LogP contribution in [0.25, 0.3) is 11.1 Å². The highest BCUT2D eigenvalue weighted by Gasteiger charge is 2.49. The average Bonchev–Trinajstić information content (AvgIpc) is 3.34. The third-order valence-corrected chi connectivity index (χ3v) is 6.71. The summed E-state index contributed by atoms with van der Waals surface area (Å²) in [5, 5.41) is 19.5. The number of anilines is 1. The van der Waals surface area contributed by atoms with E-state index >= 15 is 0 Å². The topological polar surface area (TPSA) is 213 Å². The molecule has 0 fully saturated rings. The summed E-state index contributed by atoms with van der Waals surface area (Å²) < 4.78 is 28.6. The highest BCUT2D eigenvalue weighted by atomic mass is 32.2. The summed E-state index contributed by atoms with van der Waals surface area (Å²) in [6, 6.07) is 12.7. The van der Waals surface area contributed by atoms with Crippen molar-refractivity contribution in [2.45, 2.75) is 23.3 Å². The SMILES string of the molecule is COC(=O)C[C@]1(C(=O)Nc2ncc(-c3ccccc3S(N)(=O)=O)cn2)CC(c2cccc(C(=N)N)c2)=NO1. The molecule has 3 aromatic rings. The van der Waals surface area contributed by atoms with Gasteiger partial charge in [0, 0.05) is 41.1 Å². The number of benzene rings is 2. The molecule has 6 N–H and O–H groups in total. The lowest BCUT2D eigenvalue weighted by molar-refractivity contribution is -0.155. The quantitative estimate of drug-likeness (QED) is 0.184. The number of carbonyl (C=O) groups excluding carboxylic acids is 2. The third-order valence-electron chi connectivity index (χ3n) is 5.74. The molecule has 2 heterocycles. The number of primary sulfonamides is 1. The van der Waals surface area contributed by atoms with Crippen LogP contribution in [0.3, 0.4) is 0 Å². The molecule has 0 saturated heterocycles. The fourth-order valence-electron chi connectivity index (χ4n) is 3.80. The van der Waals surface area contributed by atoms with Crippen molar-refractivity contribution in [3.05, 3.63) is 72.1 Å². The number of sulfonamides is 1. The Labute approximate surface area is 217 Å². The van der Waals surface area contributed by atoms with Gasteiger partial charge in [0.25, 0.3) is 5.91 Å². The van der Waals surface area contributed by atoms with E-state index in [9.17, 15) is 18.0 Å². The van der Waals surface area contributed by atoms with Gasteiger partial charge in [-0.05, 0) is 12.1 Å². The van der Waals surface area contributed by atoms with E-state index in [2.05, 4.69) is 20.4 Å². The molecule has 14 heteroatoms. The van der Waals surface area contributed by atoms with Crippen LogP contribution in [-0.4, -0.2) is 54.5 Å². The van der Waals surface area contributed by atoms with Gasteiger partial charge in [0.15, 0.2) is 0 Å². The number of methoxy groups -OCH3 is 1. The van der Waals surface area contributed by atoms with Gasteiger partial charge in [-0.25, -0.2) is 23.5 Å². The van der Waals surface area contributed by atoms with Crippen LogP contribution in [0.4, 0.5) is 5.95 Å². The van der Waals surface area contributed by atoms with Crippen molar-refractivity contribution in [1.82, 2.24) is 9.97 Å². The Morgan fingerprint density at radius 1 is 1.13 bits per heavy atom. The normalized spacial score (nSPS) is 16.7. The first-order valence-electron chi connectivity index (χ1n) is 11.0. The second-order valence-electron chi connectivity index (χ2n) is 8.34. The van der Waals surface area contributed by atoms with Crippen LogP contribution in [0.2, 0.25) is 0 Å². The molecule has 0 aliphatic carbocycles. The van der Waals surface area contributed by atoms with E-state index in [1.54, 1.807) is 36.4 Å². The fourth-order valence-corrected chi connectivity index (χ4v) is 4.56. The minimum absolute atomic E-state index is 0.0882. The second kappa shape index (κ2) is 10.4. The number of aromatic nitrogens is 2. The number of nitrogens with one attached hydrogen (secondary N) is 2. The molecule has 0 saturated carbocycles. The lowest BCUT2D eigenvalue weighted by Crippen LogP contribution is -2.45. The number of rotatable bonds is 8. The lowest BCUT2D eigenvalue weighted by atomic mass is 9.89. The summed E-state index contributed by atoms with van der Waals surface area (Å²) in [7, 11) is -2.81. The molecule has 0 radical (unpaired) electrons. The Morgan fingerprint density at radius 3 is 2.50 bits per heavy atom. The van der Waals surface area contributed by atoms with Gasteiger partial charge < -0.3 is 15.3 Å². The van der Waals surface area contributed by atoms with Crippen LogP contribution >= 0.6 is 0 Å². The minimum Gasteiger partial charge on any atom is -0.469 e. The summed E-state index contributed by atoms with van der Waals surface area (Å²) in [6.07, 6.45) is 2.11. The van der Waals surface area contributed by atoms with E-state index in [0.29, 0.717) is 28.0 Å². The maximum atomic E-state index is 13.3. The molecule has 2 aromatic carbocycles. The third kappa shape index (κ3) is 5.50. The zero-order valence-corrected chi connectivity index (χ0v) is 20.9. The van der Waals surface area contributed by atoms with Crippen LogP contribution in [-0.2, 0) is 29.2 Å². The van der Waals surface area contributed by atoms with Gasteiger partial charge >= 0.3 is 5.97 Å². The van der Waals surface area contributed by atoms with E-state index in [1.807, 2.05) is 0 Å². The number of amidine groups is 1. The van der Waals surface area contributed by atoms with Crippen LogP contribution < -0.4 is 16.2 Å². The number of hydrogen-bond donors (Lipinski definition) is 4. The van der Waals surface area contributed by atoms with Crippen LogP contribution in [0.15, 0.2) is 71.0 Å². The van der Waals surface area contributed by atoms with Gasteiger partial charge in [-0.1, -0.05) is 41.6 Å². The van der Waals surface area contributed by atoms with Crippen molar-refractivity contribution in [2.24, 2.45) is 16.0 Å². The average molecular weight is 538 g/mol. The number of hydrogen-bond acceptors (Lipinski definition) is 10. The van der Waals surface area contributed by atoms with Gasteiger partial charge in [-0.3, -0.25) is 20.3 Å². The smallest absolute Gasteiger partial charge is 0.310 e. The molecule has 1 aromatic heterocycles. The predicted molar refractivity (Wildman–Crippen MR) is 137 cm³/mol. The van der Waals surface area contributed by atoms with Gasteiger partial charge in [0.05, 0.1) is 24.1 Å². The van der Waals surface area contributed by atoms with Crippen molar-refractivity contribution in [2.75, 3.05) is 12.4 Å². The highest BCUT2D eigenvalue weighted by molar-refractivity contribution is 7.89. The first-order valence-corrected chi connectivity index (χ1v) is 12.6. The Hall–Kier alpha value is -4.69. The summed E-state index contributed by atoms with van der Waals surface area (Å²) in [4.78, 5) is 39.1. The number of carbonyl (C=O) groups is 2. The van der Waals surface area contributed by atoms with Crippen molar-refractivity contribution < 1.29 is 27.6 Å². The Morgan fingerprint density at radius 2 is 1.84 bits per heavy atom. The maximum absolute atomic E-state index is 13.3. The molecule has 1 amide bonds. The number of esters is 1. The summed E-state index contributed by atoms with van der Waals surface area (Å²) >= 11 is 0. The van der Waals surface area contributed by atoms with Gasteiger partial charge in [0.2, 0.25) is 21.6 Å². The molecule has 0 unspecified atom stereocenters. The molecule has 1 atom stereocenters. The van der Waals surface area contributed by atoms with E-state index in [4.69, 9.17) is 25.9 Å². The monoisotopic (exact) mass is 537 g/mol. The molecule has 1 aliphatic rings. The van der Waals surface area contributed by atoms with E-state index in [-0.39, 0.29) is 23.1 Å². The first kappa shape index (κ1) is 26.4. The first-order chi connectivity index (χ1) is 18.0. The van der Waals surface area contributed by atoms with Crippen LogP contribution in [0.1, 0.15) is 24.0 Å². The van der Waals surface area contributed by atoms with E-state index in [1.165, 1.54) is 31.6 Å². The zero-order chi connectivity index (χ0) is 27.5. The Balaban J connectivity index is 1.57. The van der Waals surface area contributed by atoms with Gasteiger partial charge in [-0.2, -0.15) is 0 Å². The molecular formula is C24H23N7O6S. The maximum Gasteiger partial charge on any atom is 0.310 e. The minimum atomic E-state index is -4.00. The molecule has 38 heavy (non-hydrogen) atoms. The summed E-state index contributed by atoms with van der Waals surface area (Å²) in [5.41, 5.74) is 5.84. The molecule has 4 rings (SSSR count). The number of nitrogen functional groups attached to an aromatic ring is 1. The number of oxime groups is 1. The molecule has 1 aliphatic heterocycles. The van der Waals surface area contributed by atoms with Gasteiger partial charge in [-0.15, -0.1) is 0 Å². The molecular weight excluding hydrogens is 514 g/mol. The van der Waals surface area contributed by atoms with Crippen molar-refractivity contribution in [1.29, 1.82) is 5.41 Å². The summed E-state index contributed by atoms with van der Waals surface area (Å²) in [6.45, 7) is 0. The van der Waals surface area contributed by atoms with Gasteiger partial charge in [0.1, 0.15) is 5.84 Å². The summed E-state index contributed by atoms with van der Waals surface area (Å²) in [5.74, 6) is -1.71. The van der Waals surface area contributed by atoms with Crippen molar-refractivity contribution >= 4 is 39.4 Å².